The van der Waals surface area contributed by atoms with E-state index in [1.807, 2.05) is 6.07 Å². The molecule has 144 valence electrons. The van der Waals surface area contributed by atoms with Crippen LogP contribution in [0.2, 0.25) is 5.02 Å². The molecule has 0 heterocycles. The van der Waals surface area contributed by atoms with Crippen molar-refractivity contribution in [2.75, 3.05) is 11.9 Å². The molecule has 2 aromatic carbocycles. The molecule has 0 aromatic heterocycles. The van der Waals surface area contributed by atoms with Crippen LogP contribution in [0.4, 0.5) is 5.69 Å². The molecule has 0 unspecified atom stereocenters. The van der Waals surface area contributed by atoms with Crippen molar-refractivity contribution >= 4 is 35.1 Å². The van der Waals surface area contributed by atoms with Crippen LogP contribution < -0.4 is 10.6 Å². The average Bonchev–Trinajstić information content (AvgIpc) is 2.67. The third-order valence-corrected chi connectivity index (χ3v) is 3.94. The molecule has 28 heavy (non-hydrogen) atoms. The number of hydrogen-bond donors (Lipinski definition) is 2. The first-order valence-electron chi connectivity index (χ1n) is 8.38. The Morgan fingerprint density at radius 2 is 1.86 bits per heavy atom. The highest BCUT2D eigenvalue weighted by molar-refractivity contribution is 6.30. The predicted octanol–water partition coefficient (Wildman–Crippen LogP) is 3.23. The third kappa shape index (κ3) is 6.41. The van der Waals surface area contributed by atoms with Crippen LogP contribution in [-0.2, 0) is 14.3 Å². The summed E-state index contributed by atoms with van der Waals surface area (Å²) in [6, 6.07) is 14.5. The van der Waals surface area contributed by atoms with Crippen LogP contribution in [0.5, 0.6) is 0 Å². The van der Waals surface area contributed by atoms with Crippen LogP contribution in [0, 0.1) is 11.3 Å². The van der Waals surface area contributed by atoms with Gasteiger partial charge in [0.15, 0.2) is 6.61 Å². The van der Waals surface area contributed by atoms with Gasteiger partial charge >= 0.3 is 5.97 Å². The first-order chi connectivity index (χ1) is 13.4. The van der Waals surface area contributed by atoms with Gasteiger partial charge in [0.25, 0.3) is 5.91 Å². The SMILES string of the molecule is C[C@@H](NC(=O)COC(=O)c1ccc(NC(=O)CC#N)cc1)c1cccc(Cl)c1. The molecule has 7 nitrogen and oxygen atoms in total. The number of carbonyl (C=O) groups excluding carboxylic acids is 3. The number of halogens is 1. The van der Waals surface area contributed by atoms with Gasteiger partial charge in [0, 0.05) is 10.7 Å². The van der Waals surface area contributed by atoms with Gasteiger partial charge in [0.1, 0.15) is 6.42 Å². The smallest absolute Gasteiger partial charge is 0.338 e. The van der Waals surface area contributed by atoms with E-state index in [0.29, 0.717) is 10.7 Å². The van der Waals surface area contributed by atoms with Crippen LogP contribution in [0.3, 0.4) is 0 Å². The highest BCUT2D eigenvalue weighted by atomic mass is 35.5. The number of anilines is 1. The van der Waals surface area contributed by atoms with Crippen molar-refractivity contribution in [2.24, 2.45) is 0 Å². The molecule has 0 aliphatic heterocycles. The van der Waals surface area contributed by atoms with Gasteiger partial charge in [0.05, 0.1) is 17.7 Å². The predicted molar refractivity (Wildman–Crippen MR) is 104 cm³/mol. The summed E-state index contributed by atoms with van der Waals surface area (Å²) in [5, 5.41) is 14.3. The number of amides is 2. The van der Waals surface area contributed by atoms with E-state index in [4.69, 9.17) is 21.6 Å². The quantitative estimate of drug-likeness (QED) is 0.695. The zero-order chi connectivity index (χ0) is 20.5. The lowest BCUT2D eigenvalue weighted by molar-refractivity contribution is -0.124. The van der Waals surface area contributed by atoms with E-state index in [0.717, 1.165) is 5.56 Å². The molecule has 2 aromatic rings. The van der Waals surface area contributed by atoms with Gasteiger partial charge in [-0.05, 0) is 48.9 Å². The van der Waals surface area contributed by atoms with Gasteiger partial charge in [-0.1, -0.05) is 23.7 Å². The Hall–Kier alpha value is -3.37. The summed E-state index contributed by atoms with van der Waals surface area (Å²) in [6.07, 6.45) is -0.257. The maximum atomic E-state index is 12.0. The standard InChI is InChI=1S/C20H18ClN3O4/c1-13(15-3-2-4-16(21)11-15)23-19(26)12-28-20(27)14-5-7-17(8-6-14)24-18(25)9-10-22/h2-8,11,13H,9,12H2,1H3,(H,23,26)(H,24,25)/t13-/m1/s1. The lowest BCUT2D eigenvalue weighted by Crippen LogP contribution is -2.31. The Bertz CT molecular complexity index is 906. The molecule has 0 fully saturated rings. The lowest BCUT2D eigenvalue weighted by Gasteiger charge is -2.14. The maximum Gasteiger partial charge on any atom is 0.338 e. The largest absolute Gasteiger partial charge is 0.452 e. The second-order valence-corrected chi connectivity index (χ2v) is 6.32. The normalized spacial score (nSPS) is 11.0. The average molecular weight is 400 g/mol. The minimum atomic E-state index is -0.666. The van der Waals surface area contributed by atoms with Gasteiger partial charge < -0.3 is 15.4 Å². The van der Waals surface area contributed by atoms with Crippen LogP contribution in [0.15, 0.2) is 48.5 Å². The van der Waals surface area contributed by atoms with E-state index in [2.05, 4.69) is 10.6 Å². The Balaban J connectivity index is 1.83. The van der Waals surface area contributed by atoms with Gasteiger partial charge in [-0.3, -0.25) is 9.59 Å². The second kappa shape index (κ2) is 10.1. The molecule has 0 saturated heterocycles. The van der Waals surface area contributed by atoms with Crippen LogP contribution in [0.1, 0.15) is 35.3 Å². The van der Waals surface area contributed by atoms with E-state index in [1.165, 1.54) is 24.3 Å². The molecule has 0 saturated carbocycles. The van der Waals surface area contributed by atoms with Crippen LogP contribution >= 0.6 is 11.6 Å². The van der Waals surface area contributed by atoms with Crippen molar-refractivity contribution in [3.05, 3.63) is 64.7 Å². The summed E-state index contributed by atoms with van der Waals surface area (Å²) in [6.45, 7) is 1.37. The number of nitrogens with zero attached hydrogens (tertiary/aromatic N) is 1. The number of rotatable bonds is 7. The fraction of sp³-hybridized carbons (Fsp3) is 0.200. The molecule has 1 atom stereocenters. The van der Waals surface area contributed by atoms with Crippen molar-refractivity contribution in [3.8, 4) is 6.07 Å². The highest BCUT2D eigenvalue weighted by Crippen LogP contribution is 2.17. The fourth-order valence-corrected chi connectivity index (χ4v) is 2.52. The second-order valence-electron chi connectivity index (χ2n) is 5.88. The molecule has 2 rings (SSSR count). The van der Waals surface area contributed by atoms with Crippen LogP contribution in [-0.4, -0.2) is 24.4 Å². The van der Waals surface area contributed by atoms with Crippen molar-refractivity contribution < 1.29 is 19.1 Å². The minimum Gasteiger partial charge on any atom is -0.452 e. The van der Waals surface area contributed by atoms with E-state index in [-0.39, 0.29) is 18.0 Å². The summed E-state index contributed by atoms with van der Waals surface area (Å²) in [4.78, 5) is 35.4. The zero-order valence-corrected chi connectivity index (χ0v) is 15.8. The van der Waals surface area contributed by atoms with Crippen LogP contribution in [0.25, 0.3) is 0 Å². The Morgan fingerprint density at radius 3 is 2.50 bits per heavy atom. The molecular weight excluding hydrogens is 382 g/mol. The Labute approximate surface area is 167 Å². The van der Waals surface area contributed by atoms with Crippen molar-refractivity contribution in [3.63, 3.8) is 0 Å². The van der Waals surface area contributed by atoms with Gasteiger partial charge in [-0.25, -0.2) is 4.79 Å². The molecule has 0 radical (unpaired) electrons. The number of carbonyl (C=O) groups is 3. The summed E-state index contributed by atoms with van der Waals surface area (Å²) < 4.78 is 5.00. The van der Waals surface area contributed by atoms with Gasteiger partial charge in [-0.2, -0.15) is 5.26 Å². The first kappa shape index (κ1) is 20.9. The molecule has 0 aliphatic rings. The minimum absolute atomic E-state index is 0.231. The maximum absolute atomic E-state index is 12.0. The molecule has 2 amide bonds. The number of nitrogens with one attached hydrogen (secondary N) is 2. The summed E-state index contributed by atoms with van der Waals surface area (Å²) in [5.41, 5.74) is 1.51. The zero-order valence-electron chi connectivity index (χ0n) is 15.1. The van der Waals surface area contributed by atoms with E-state index < -0.39 is 24.4 Å². The lowest BCUT2D eigenvalue weighted by atomic mass is 10.1. The van der Waals surface area contributed by atoms with Gasteiger partial charge in [-0.15, -0.1) is 0 Å². The van der Waals surface area contributed by atoms with Crippen molar-refractivity contribution in [1.29, 1.82) is 5.26 Å². The summed E-state index contributed by atoms with van der Waals surface area (Å²) in [5.74, 6) is -1.55. The highest BCUT2D eigenvalue weighted by Gasteiger charge is 2.13. The topological polar surface area (TPSA) is 108 Å². The third-order valence-electron chi connectivity index (χ3n) is 3.70. The fourth-order valence-electron chi connectivity index (χ4n) is 2.32. The number of hydrogen-bond acceptors (Lipinski definition) is 5. The number of esters is 1. The molecule has 0 aliphatic carbocycles. The number of ether oxygens (including phenoxy) is 1. The van der Waals surface area contributed by atoms with Gasteiger partial charge in [0.2, 0.25) is 5.91 Å². The molecule has 2 N–H and O–H groups in total. The number of nitriles is 1. The van der Waals surface area contributed by atoms with E-state index in [1.54, 1.807) is 31.2 Å². The monoisotopic (exact) mass is 399 g/mol. The molecular formula is C20H18ClN3O4. The summed E-state index contributed by atoms with van der Waals surface area (Å²) in [7, 11) is 0. The Morgan fingerprint density at radius 1 is 1.14 bits per heavy atom. The Kier molecular flexibility index (Phi) is 7.55. The first-order valence-corrected chi connectivity index (χ1v) is 8.75. The van der Waals surface area contributed by atoms with E-state index in [9.17, 15) is 14.4 Å². The molecule has 0 bridgehead atoms. The van der Waals surface area contributed by atoms with Crippen molar-refractivity contribution in [2.45, 2.75) is 19.4 Å². The molecule has 8 heteroatoms. The van der Waals surface area contributed by atoms with Crippen molar-refractivity contribution in [1.82, 2.24) is 5.32 Å². The molecule has 0 spiro atoms. The van der Waals surface area contributed by atoms with E-state index >= 15 is 0 Å². The summed E-state index contributed by atoms with van der Waals surface area (Å²) >= 11 is 5.93. The number of benzene rings is 2.